The van der Waals surface area contributed by atoms with E-state index < -0.39 is 0 Å². The molecule has 0 saturated carbocycles. The number of pyridine rings is 2. The molecule has 5 aromatic carbocycles. The summed E-state index contributed by atoms with van der Waals surface area (Å²) in [5, 5.41) is 4.96. The van der Waals surface area contributed by atoms with Crippen molar-refractivity contribution >= 4 is 38.6 Å². The van der Waals surface area contributed by atoms with Crippen molar-refractivity contribution in [2.75, 3.05) is 4.90 Å². The summed E-state index contributed by atoms with van der Waals surface area (Å²) in [5.74, 6) is 0. The standard InChI is InChI=1S/C36H25N3/c1-2-14-35-26(7-1)15-16-27-17-18-34(23-36(27)35)39(32-12-3-8-28(21-32)30-10-5-19-37-24-30)33-13-4-9-29(22-33)31-11-6-20-38-25-31/h1-25H. The van der Waals surface area contributed by atoms with E-state index in [0.29, 0.717) is 0 Å². The number of nitrogens with zero attached hydrogens (tertiary/aromatic N) is 3. The van der Waals surface area contributed by atoms with Crippen LogP contribution in [0.15, 0.2) is 152 Å². The summed E-state index contributed by atoms with van der Waals surface area (Å²) in [6.45, 7) is 0. The number of benzene rings is 5. The molecule has 0 radical (unpaired) electrons. The highest BCUT2D eigenvalue weighted by Gasteiger charge is 2.16. The molecule has 7 rings (SSSR count). The second-order valence-corrected chi connectivity index (χ2v) is 9.61. The van der Waals surface area contributed by atoms with Crippen molar-refractivity contribution in [1.29, 1.82) is 0 Å². The number of hydrogen-bond acceptors (Lipinski definition) is 3. The molecule has 2 heterocycles. The van der Waals surface area contributed by atoms with Gasteiger partial charge in [-0.2, -0.15) is 0 Å². The lowest BCUT2D eigenvalue weighted by molar-refractivity contribution is 1.28. The third kappa shape index (κ3) is 4.41. The van der Waals surface area contributed by atoms with Gasteiger partial charge in [0.2, 0.25) is 0 Å². The fourth-order valence-corrected chi connectivity index (χ4v) is 5.29. The van der Waals surface area contributed by atoms with Crippen LogP contribution in [0, 0.1) is 0 Å². The average molecular weight is 500 g/mol. The molecule has 0 atom stereocenters. The first-order chi connectivity index (χ1) is 19.3. The van der Waals surface area contributed by atoms with Crippen molar-refractivity contribution in [3.8, 4) is 22.3 Å². The van der Waals surface area contributed by atoms with E-state index in [1.807, 2.05) is 36.9 Å². The van der Waals surface area contributed by atoms with Gasteiger partial charge >= 0.3 is 0 Å². The molecular formula is C36H25N3. The van der Waals surface area contributed by atoms with Gasteiger partial charge in [-0.3, -0.25) is 9.97 Å². The molecule has 7 aromatic rings. The number of hydrogen-bond donors (Lipinski definition) is 0. The Labute approximate surface area is 227 Å². The summed E-state index contributed by atoms with van der Waals surface area (Å²) >= 11 is 0. The van der Waals surface area contributed by atoms with E-state index in [2.05, 4.69) is 130 Å². The molecule has 0 aliphatic rings. The van der Waals surface area contributed by atoms with E-state index in [-0.39, 0.29) is 0 Å². The van der Waals surface area contributed by atoms with E-state index in [1.165, 1.54) is 21.5 Å². The molecule has 39 heavy (non-hydrogen) atoms. The van der Waals surface area contributed by atoms with Gasteiger partial charge in [-0.15, -0.1) is 0 Å². The van der Waals surface area contributed by atoms with E-state index in [0.717, 1.165) is 39.3 Å². The Morgan fingerprint density at radius 1 is 0.385 bits per heavy atom. The summed E-state index contributed by atoms with van der Waals surface area (Å²) in [5.41, 5.74) is 7.70. The minimum Gasteiger partial charge on any atom is -0.310 e. The van der Waals surface area contributed by atoms with Crippen LogP contribution in [0.25, 0.3) is 43.8 Å². The molecule has 0 aliphatic carbocycles. The SMILES string of the molecule is c1cncc(-c2cccc(N(c3cccc(-c4cccnc4)c3)c3ccc4ccc5ccccc5c4c3)c2)c1. The van der Waals surface area contributed by atoms with E-state index in [4.69, 9.17) is 0 Å². The normalized spacial score (nSPS) is 11.1. The largest absolute Gasteiger partial charge is 0.310 e. The molecule has 0 aliphatic heterocycles. The molecule has 0 saturated heterocycles. The molecule has 0 spiro atoms. The van der Waals surface area contributed by atoms with Crippen LogP contribution in [-0.4, -0.2) is 9.97 Å². The summed E-state index contributed by atoms with van der Waals surface area (Å²) in [6.07, 6.45) is 7.44. The van der Waals surface area contributed by atoms with E-state index >= 15 is 0 Å². The van der Waals surface area contributed by atoms with Crippen molar-refractivity contribution in [3.63, 3.8) is 0 Å². The maximum absolute atomic E-state index is 4.34. The van der Waals surface area contributed by atoms with Crippen molar-refractivity contribution in [2.45, 2.75) is 0 Å². The number of anilines is 3. The van der Waals surface area contributed by atoms with Gasteiger partial charge in [-0.05, 0) is 81.2 Å². The molecule has 0 fully saturated rings. The lowest BCUT2D eigenvalue weighted by atomic mass is 10.0. The molecule has 3 heteroatoms. The fourth-order valence-electron chi connectivity index (χ4n) is 5.29. The van der Waals surface area contributed by atoms with Crippen LogP contribution in [0.1, 0.15) is 0 Å². The van der Waals surface area contributed by atoms with Gasteiger partial charge in [0.05, 0.1) is 0 Å². The second-order valence-electron chi connectivity index (χ2n) is 9.61. The highest BCUT2D eigenvalue weighted by Crippen LogP contribution is 2.40. The van der Waals surface area contributed by atoms with E-state index in [1.54, 1.807) is 0 Å². The Hall–Kier alpha value is -5.28. The van der Waals surface area contributed by atoms with Crippen LogP contribution < -0.4 is 4.90 Å². The average Bonchev–Trinajstić information content (AvgIpc) is 3.02. The molecular weight excluding hydrogens is 474 g/mol. The van der Waals surface area contributed by atoms with Gasteiger partial charge < -0.3 is 4.90 Å². The van der Waals surface area contributed by atoms with Gasteiger partial charge in [0.15, 0.2) is 0 Å². The summed E-state index contributed by atoms with van der Waals surface area (Å²) in [6, 6.07) is 45.2. The van der Waals surface area contributed by atoms with Crippen molar-refractivity contribution < 1.29 is 0 Å². The Morgan fingerprint density at radius 3 is 1.54 bits per heavy atom. The number of aromatic nitrogens is 2. The van der Waals surface area contributed by atoms with Crippen molar-refractivity contribution in [3.05, 3.63) is 152 Å². The zero-order chi connectivity index (χ0) is 26.0. The lowest BCUT2D eigenvalue weighted by Gasteiger charge is -2.27. The van der Waals surface area contributed by atoms with Crippen LogP contribution in [0.3, 0.4) is 0 Å². The molecule has 184 valence electrons. The fraction of sp³-hybridized carbons (Fsp3) is 0. The van der Waals surface area contributed by atoms with E-state index in [9.17, 15) is 0 Å². The summed E-state index contributed by atoms with van der Waals surface area (Å²) in [7, 11) is 0. The van der Waals surface area contributed by atoms with Crippen molar-refractivity contribution in [2.24, 2.45) is 0 Å². The highest BCUT2D eigenvalue weighted by atomic mass is 15.1. The van der Waals surface area contributed by atoms with Gasteiger partial charge in [-0.25, -0.2) is 0 Å². The molecule has 0 unspecified atom stereocenters. The number of fused-ring (bicyclic) bond motifs is 3. The van der Waals surface area contributed by atoms with Gasteiger partial charge in [-0.1, -0.05) is 78.9 Å². The Balaban J connectivity index is 1.44. The zero-order valence-corrected chi connectivity index (χ0v) is 21.3. The maximum atomic E-state index is 4.34. The Kier molecular flexibility index (Phi) is 5.80. The first kappa shape index (κ1) is 22.9. The van der Waals surface area contributed by atoms with Gasteiger partial charge in [0.1, 0.15) is 0 Å². The first-order valence-corrected chi connectivity index (χ1v) is 13.1. The first-order valence-electron chi connectivity index (χ1n) is 13.1. The van der Waals surface area contributed by atoms with Crippen LogP contribution in [0.2, 0.25) is 0 Å². The summed E-state index contributed by atoms with van der Waals surface area (Å²) < 4.78 is 0. The highest BCUT2D eigenvalue weighted by molar-refractivity contribution is 6.09. The monoisotopic (exact) mass is 499 g/mol. The molecule has 3 nitrogen and oxygen atoms in total. The van der Waals surface area contributed by atoms with Gasteiger partial charge in [0.25, 0.3) is 0 Å². The zero-order valence-electron chi connectivity index (χ0n) is 21.3. The molecule has 0 N–H and O–H groups in total. The number of rotatable bonds is 5. The van der Waals surface area contributed by atoms with Gasteiger partial charge in [0, 0.05) is 53.0 Å². The third-order valence-electron chi connectivity index (χ3n) is 7.19. The van der Waals surface area contributed by atoms with Crippen molar-refractivity contribution in [1.82, 2.24) is 9.97 Å². The second kappa shape index (κ2) is 9.88. The Morgan fingerprint density at radius 2 is 0.923 bits per heavy atom. The van der Waals surface area contributed by atoms with Crippen LogP contribution in [0.4, 0.5) is 17.1 Å². The minimum absolute atomic E-state index is 1.08. The molecule has 0 amide bonds. The smallest absolute Gasteiger partial charge is 0.0468 e. The van der Waals surface area contributed by atoms with Crippen LogP contribution in [0.5, 0.6) is 0 Å². The minimum atomic E-state index is 1.08. The predicted octanol–water partition coefficient (Wildman–Crippen LogP) is 9.59. The topological polar surface area (TPSA) is 29.0 Å². The predicted molar refractivity (Wildman–Crippen MR) is 163 cm³/mol. The van der Waals surface area contributed by atoms with Crippen LogP contribution in [-0.2, 0) is 0 Å². The van der Waals surface area contributed by atoms with Crippen LogP contribution >= 0.6 is 0 Å². The lowest BCUT2D eigenvalue weighted by Crippen LogP contribution is -2.10. The maximum Gasteiger partial charge on any atom is 0.0468 e. The quantitative estimate of drug-likeness (QED) is 0.221. The molecule has 2 aromatic heterocycles. The Bertz CT molecular complexity index is 1830. The molecule has 0 bridgehead atoms. The summed E-state index contributed by atoms with van der Waals surface area (Å²) in [4.78, 5) is 11.0. The third-order valence-corrected chi connectivity index (χ3v) is 7.19.